The van der Waals surface area contributed by atoms with Crippen LogP contribution >= 0.6 is 0 Å². The number of hydrogen-bond donors (Lipinski definition) is 0. The highest BCUT2D eigenvalue weighted by molar-refractivity contribution is 5.56. The first-order valence-electron chi connectivity index (χ1n) is 7.81. The molecule has 0 amide bonds. The van der Waals surface area contributed by atoms with E-state index in [9.17, 15) is 0 Å². The average Bonchev–Trinajstić information content (AvgIpc) is 3.10. The lowest BCUT2D eigenvalue weighted by atomic mass is 10.1. The first-order valence-corrected chi connectivity index (χ1v) is 7.81. The summed E-state index contributed by atoms with van der Waals surface area (Å²) in [6.45, 7) is 2.20. The minimum Gasteiger partial charge on any atom is -0.220 e. The molecule has 0 unspecified atom stereocenters. The smallest absolute Gasteiger partial charge is 0.181 e. The molecule has 4 nitrogen and oxygen atoms in total. The normalized spacial score (nSPS) is 10.4. The van der Waals surface area contributed by atoms with Crippen LogP contribution in [-0.4, -0.2) is 14.8 Å². The Balaban J connectivity index is 1.79. The van der Waals surface area contributed by atoms with Gasteiger partial charge in [0, 0.05) is 5.56 Å². The van der Waals surface area contributed by atoms with Crippen molar-refractivity contribution in [3.8, 4) is 23.1 Å². The van der Waals surface area contributed by atoms with Crippen molar-refractivity contribution in [1.82, 2.24) is 14.8 Å². The summed E-state index contributed by atoms with van der Waals surface area (Å²) in [4.78, 5) is 4.36. The van der Waals surface area contributed by atoms with Crippen molar-refractivity contribution in [2.45, 2.75) is 26.2 Å². The molecule has 0 atom stereocenters. The lowest BCUT2D eigenvalue weighted by Crippen LogP contribution is -1.95. The molecule has 23 heavy (non-hydrogen) atoms. The Bertz CT molecular complexity index is 808. The summed E-state index contributed by atoms with van der Waals surface area (Å²) in [5.74, 6) is 0.657. The summed E-state index contributed by atoms with van der Waals surface area (Å²) in [7, 11) is 0. The fourth-order valence-electron chi connectivity index (χ4n) is 2.41. The fraction of sp³-hybridized carbons (Fsp3) is 0.211. The predicted octanol–water partition coefficient (Wildman–Crippen LogP) is 4.15. The third kappa shape index (κ3) is 3.46. The van der Waals surface area contributed by atoms with Gasteiger partial charge in [0.1, 0.15) is 6.33 Å². The lowest BCUT2D eigenvalue weighted by Gasteiger charge is -2.03. The van der Waals surface area contributed by atoms with Gasteiger partial charge in [-0.15, -0.1) is 5.10 Å². The molecule has 3 rings (SSSR count). The topological polar surface area (TPSA) is 54.5 Å². The first-order chi connectivity index (χ1) is 11.3. The number of nitrogens with zero attached hydrogens (tertiary/aromatic N) is 4. The van der Waals surface area contributed by atoms with Gasteiger partial charge < -0.3 is 0 Å². The van der Waals surface area contributed by atoms with Crippen LogP contribution in [0.3, 0.4) is 0 Å². The Kier molecular flexibility index (Phi) is 4.49. The third-order valence-corrected chi connectivity index (χ3v) is 3.78. The SMILES string of the molecule is CCCCc1ccc(-n2cnc(-c3ccc(C#N)cc3)n2)cc1. The highest BCUT2D eigenvalue weighted by Crippen LogP contribution is 2.17. The fourth-order valence-corrected chi connectivity index (χ4v) is 2.41. The molecule has 1 heterocycles. The van der Waals surface area contributed by atoms with Crippen molar-refractivity contribution in [2.24, 2.45) is 0 Å². The summed E-state index contributed by atoms with van der Waals surface area (Å²) in [6, 6.07) is 17.8. The predicted molar refractivity (Wildman–Crippen MR) is 90.1 cm³/mol. The molecule has 114 valence electrons. The molecule has 0 aliphatic rings. The Morgan fingerprint density at radius 3 is 2.43 bits per heavy atom. The Labute approximate surface area is 136 Å². The molecule has 4 heteroatoms. The Morgan fingerprint density at radius 1 is 1.04 bits per heavy atom. The van der Waals surface area contributed by atoms with Crippen LogP contribution in [0.2, 0.25) is 0 Å². The van der Waals surface area contributed by atoms with Gasteiger partial charge in [0.25, 0.3) is 0 Å². The van der Waals surface area contributed by atoms with Crippen LogP contribution in [0.1, 0.15) is 30.9 Å². The van der Waals surface area contributed by atoms with Gasteiger partial charge >= 0.3 is 0 Å². The maximum absolute atomic E-state index is 8.84. The molecule has 0 bridgehead atoms. The molecule has 0 N–H and O–H groups in total. The van der Waals surface area contributed by atoms with Crippen LogP contribution in [0, 0.1) is 11.3 Å². The zero-order chi connectivity index (χ0) is 16.1. The highest BCUT2D eigenvalue weighted by Gasteiger charge is 2.06. The van der Waals surface area contributed by atoms with Crippen molar-refractivity contribution < 1.29 is 0 Å². The number of aryl methyl sites for hydroxylation is 1. The maximum atomic E-state index is 8.84. The highest BCUT2D eigenvalue weighted by atomic mass is 15.3. The van der Waals surface area contributed by atoms with Crippen molar-refractivity contribution in [2.75, 3.05) is 0 Å². The van der Waals surface area contributed by atoms with E-state index in [-0.39, 0.29) is 0 Å². The molecule has 0 aliphatic heterocycles. The number of rotatable bonds is 5. The van der Waals surface area contributed by atoms with Crippen LogP contribution in [0.15, 0.2) is 54.9 Å². The Morgan fingerprint density at radius 2 is 1.78 bits per heavy atom. The average molecular weight is 302 g/mol. The zero-order valence-electron chi connectivity index (χ0n) is 13.1. The molecule has 1 aromatic heterocycles. The second-order valence-corrected chi connectivity index (χ2v) is 5.47. The summed E-state index contributed by atoms with van der Waals surface area (Å²) >= 11 is 0. The van der Waals surface area contributed by atoms with Crippen molar-refractivity contribution in [3.05, 3.63) is 66.0 Å². The largest absolute Gasteiger partial charge is 0.220 e. The van der Waals surface area contributed by atoms with Crippen LogP contribution in [-0.2, 0) is 6.42 Å². The zero-order valence-corrected chi connectivity index (χ0v) is 13.1. The summed E-state index contributed by atoms with van der Waals surface area (Å²) in [5.41, 5.74) is 3.89. The molecule has 0 radical (unpaired) electrons. The van der Waals surface area contributed by atoms with E-state index in [2.05, 4.69) is 47.3 Å². The van der Waals surface area contributed by atoms with E-state index in [4.69, 9.17) is 5.26 Å². The molecular weight excluding hydrogens is 284 g/mol. The molecule has 0 saturated heterocycles. The molecule has 0 fully saturated rings. The summed E-state index contributed by atoms with van der Waals surface area (Å²) in [5, 5.41) is 13.4. The van der Waals surface area contributed by atoms with Gasteiger partial charge in [-0.3, -0.25) is 0 Å². The maximum Gasteiger partial charge on any atom is 0.181 e. The second kappa shape index (κ2) is 6.89. The van der Waals surface area contributed by atoms with Gasteiger partial charge in [-0.25, -0.2) is 9.67 Å². The van der Waals surface area contributed by atoms with E-state index in [1.807, 2.05) is 12.1 Å². The number of nitriles is 1. The van der Waals surface area contributed by atoms with Crippen LogP contribution in [0.4, 0.5) is 0 Å². The quantitative estimate of drug-likeness (QED) is 0.711. The monoisotopic (exact) mass is 302 g/mol. The minimum absolute atomic E-state index is 0.635. The van der Waals surface area contributed by atoms with Crippen LogP contribution in [0.5, 0.6) is 0 Å². The Hall–Kier alpha value is -2.93. The van der Waals surface area contributed by atoms with Crippen molar-refractivity contribution in [1.29, 1.82) is 5.26 Å². The van der Waals surface area contributed by atoms with E-state index in [0.29, 0.717) is 11.4 Å². The van der Waals surface area contributed by atoms with Crippen molar-refractivity contribution in [3.63, 3.8) is 0 Å². The van der Waals surface area contributed by atoms with Gasteiger partial charge in [-0.1, -0.05) is 25.5 Å². The minimum atomic E-state index is 0.635. The van der Waals surface area contributed by atoms with Gasteiger partial charge in [0.05, 0.1) is 17.3 Å². The van der Waals surface area contributed by atoms with Gasteiger partial charge in [-0.2, -0.15) is 5.26 Å². The second-order valence-electron chi connectivity index (χ2n) is 5.47. The summed E-state index contributed by atoms with van der Waals surface area (Å²) in [6.07, 6.45) is 5.25. The number of unbranched alkanes of at least 4 members (excludes halogenated alkanes) is 1. The molecule has 3 aromatic rings. The van der Waals surface area contributed by atoms with E-state index in [1.165, 1.54) is 18.4 Å². The molecule has 0 aliphatic carbocycles. The van der Waals surface area contributed by atoms with E-state index < -0.39 is 0 Å². The molecule has 2 aromatic carbocycles. The van der Waals surface area contributed by atoms with Gasteiger partial charge in [0.2, 0.25) is 0 Å². The van der Waals surface area contributed by atoms with Crippen molar-refractivity contribution >= 4 is 0 Å². The standard InChI is InChI=1S/C19H18N4/c1-2-3-4-15-7-11-18(12-8-15)23-14-21-19(22-23)17-9-5-16(13-20)6-10-17/h5-12,14H,2-4H2,1H3. The van der Waals surface area contributed by atoms with Gasteiger partial charge in [-0.05, 0) is 54.8 Å². The van der Waals surface area contributed by atoms with E-state index >= 15 is 0 Å². The van der Waals surface area contributed by atoms with Crippen LogP contribution < -0.4 is 0 Å². The number of benzene rings is 2. The number of hydrogen-bond acceptors (Lipinski definition) is 3. The molecule has 0 saturated carbocycles. The molecule has 0 spiro atoms. The van der Waals surface area contributed by atoms with Gasteiger partial charge in [0.15, 0.2) is 5.82 Å². The van der Waals surface area contributed by atoms with Crippen LogP contribution in [0.25, 0.3) is 17.1 Å². The summed E-state index contributed by atoms with van der Waals surface area (Å²) < 4.78 is 1.77. The number of aromatic nitrogens is 3. The first kappa shape index (κ1) is 15.0. The molecular formula is C19H18N4. The van der Waals surface area contributed by atoms with E-state index in [0.717, 1.165) is 17.7 Å². The third-order valence-electron chi connectivity index (χ3n) is 3.78. The lowest BCUT2D eigenvalue weighted by molar-refractivity contribution is 0.794. The van der Waals surface area contributed by atoms with E-state index in [1.54, 1.807) is 23.1 Å².